The van der Waals surface area contributed by atoms with Crippen LogP contribution in [-0.2, 0) is 19.4 Å². The Hall–Kier alpha value is -1.37. The third-order valence-electron chi connectivity index (χ3n) is 2.57. The molecule has 1 aromatic rings. The summed E-state index contributed by atoms with van der Waals surface area (Å²) < 4.78 is 1.97. The quantitative estimate of drug-likeness (QED) is 0.739. The van der Waals surface area contributed by atoms with Crippen molar-refractivity contribution < 1.29 is 0 Å². The molecule has 4 nitrogen and oxygen atoms in total. The van der Waals surface area contributed by atoms with E-state index in [0.717, 1.165) is 37.2 Å². The predicted octanol–water partition coefficient (Wildman–Crippen LogP) is 2.34. The van der Waals surface area contributed by atoms with Crippen LogP contribution in [0.1, 0.15) is 45.0 Å². The summed E-state index contributed by atoms with van der Waals surface area (Å²) in [5, 5.41) is 16.9. The largest absolute Gasteiger partial charge is 0.249 e. The maximum Gasteiger partial charge on any atom is 0.0999 e. The molecule has 0 aliphatic heterocycles. The molecule has 0 aromatic carbocycles. The van der Waals surface area contributed by atoms with E-state index in [1.165, 1.54) is 0 Å². The van der Waals surface area contributed by atoms with Gasteiger partial charge in [-0.3, -0.25) is 0 Å². The van der Waals surface area contributed by atoms with Crippen molar-refractivity contribution in [3.8, 4) is 6.07 Å². The molecule has 0 atom stereocenters. The Morgan fingerprint density at radius 2 is 2.19 bits per heavy atom. The van der Waals surface area contributed by atoms with Gasteiger partial charge in [-0.05, 0) is 18.8 Å². The van der Waals surface area contributed by atoms with E-state index in [1.807, 2.05) is 4.68 Å². The average Bonchev–Trinajstić information content (AvgIpc) is 2.60. The number of aryl methyl sites for hydroxylation is 1. The molecule has 0 saturated heterocycles. The normalized spacial score (nSPS) is 10.7. The number of hydrogen-bond acceptors (Lipinski definition) is 3. The highest BCUT2D eigenvalue weighted by Gasteiger charge is 2.11. The lowest BCUT2D eigenvalue weighted by Gasteiger charge is -2.08. The highest BCUT2D eigenvalue weighted by molar-refractivity contribution is 5.14. The minimum Gasteiger partial charge on any atom is -0.249 e. The molecule has 0 radical (unpaired) electrons. The Labute approximate surface area is 97.3 Å². The number of nitrogens with zero attached hydrogens (tertiary/aromatic N) is 4. The first-order valence-corrected chi connectivity index (χ1v) is 5.97. The molecule has 0 saturated carbocycles. The fraction of sp³-hybridized carbons (Fsp3) is 0.750. The minimum atomic E-state index is 0.372. The van der Waals surface area contributed by atoms with Crippen molar-refractivity contribution in [2.24, 2.45) is 5.92 Å². The van der Waals surface area contributed by atoms with Gasteiger partial charge in [0, 0.05) is 6.54 Å². The van der Waals surface area contributed by atoms with E-state index < -0.39 is 0 Å². The molecule has 16 heavy (non-hydrogen) atoms. The molecule has 1 rings (SSSR count). The molecule has 88 valence electrons. The summed E-state index contributed by atoms with van der Waals surface area (Å²) in [6.07, 6.45) is 3.50. The summed E-state index contributed by atoms with van der Waals surface area (Å²) in [6, 6.07) is 2.15. The van der Waals surface area contributed by atoms with Gasteiger partial charge in [-0.15, -0.1) is 5.10 Å². The fourth-order valence-corrected chi connectivity index (χ4v) is 1.65. The van der Waals surface area contributed by atoms with E-state index in [9.17, 15) is 0 Å². The van der Waals surface area contributed by atoms with E-state index in [1.54, 1.807) is 0 Å². The van der Waals surface area contributed by atoms with E-state index in [0.29, 0.717) is 12.3 Å². The van der Waals surface area contributed by atoms with Gasteiger partial charge < -0.3 is 0 Å². The summed E-state index contributed by atoms with van der Waals surface area (Å²) in [5.74, 6) is 0.665. The van der Waals surface area contributed by atoms with Crippen molar-refractivity contribution in [3.63, 3.8) is 0 Å². The first-order valence-electron chi connectivity index (χ1n) is 5.97. The Bertz CT molecular complexity index is 360. The smallest absolute Gasteiger partial charge is 0.0999 e. The van der Waals surface area contributed by atoms with E-state index in [-0.39, 0.29) is 0 Å². The molecule has 4 heteroatoms. The molecule has 0 amide bonds. The molecule has 0 fully saturated rings. The zero-order chi connectivity index (χ0) is 12.0. The summed E-state index contributed by atoms with van der Waals surface area (Å²) in [5.41, 5.74) is 2.00. The van der Waals surface area contributed by atoms with Gasteiger partial charge in [0.25, 0.3) is 0 Å². The second kappa shape index (κ2) is 6.26. The Kier molecular flexibility index (Phi) is 4.97. The molecule has 0 N–H and O–H groups in total. The molecular weight excluding hydrogens is 200 g/mol. The molecule has 0 aliphatic rings. The SMILES string of the molecule is CCCc1c(CC#N)nnn1CCC(C)C. The van der Waals surface area contributed by atoms with E-state index >= 15 is 0 Å². The molecule has 0 spiro atoms. The predicted molar refractivity (Wildman–Crippen MR) is 62.8 cm³/mol. The molecule has 0 bridgehead atoms. The van der Waals surface area contributed by atoms with E-state index in [4.69, 9.17) is 5.26 Å². The van der Waals surface area contributed by atoms with Gasteiger partial charge in [-0.25, -0.2) is 4.68 Å². The second-order valence-electron chi connectivity index (χ2n) is 4.47. The number of aromatic nitrogens is 3. The Morgan fingerprint density at radius 1 is 1.44 bits per heavy atom. The third kappa shape index (κ3) is 3.34. The van der Waals surface area contributed by atoms with Crippen molar-refractivity contribution in [3.05, 3.63) is 11.4 Å². The standard InChI is InChI=1S/C12H20N4/c1-4-5-12-11(6-8-13)14-15-16(12)9-7-10(2)3/h10H,4-7,9H2,1-3H3. The third-order valence-corrected chi connectivity index (χ3v) is 2.57. The zero-order valence-corrected chi connectivity index (χ0v) is 10.4. The van der Waals surface area contributed by atoms with Crippen LogP contribution in [0.25, 0.3) is 0 Å². The number of nitriles is 1. The first kappa shape index (κ1) is 12.7. The summed E-state index contributed by atoms with van der Waals surface area (Å²) in [6.45, 7) is 7.45. The van der Waals surface area contributed by atoms with Crippen LogP contribution in [0.5, 0.6) is 0 Å². The van der Waals surface area contributed by atoms with Crippen LogP contribution >= 0.6 is 0 Å². The maximum atomic E-state index is 8.71. The van der Waals surface area contributed by atoms with Gasteiger partial charge >= 0.3 is 0 Å². The lowest BCUT2D eigenvalue weighted by Crippen LogP contribution is -2.08. The van der Waals surface area contributed by atoms with Crippen molar-refractivity contribution in [2.45, 2.75) is 53.0 Å². The number of hydrogen-bond donors (Lipinski definition) is 0. The highest BCUT2D eigenvalue weighted by atomic mass is 15.4. The monoisotopic (exact) mass is 220 g/mol. The molecule has 1 heterocycles. The van der Waals surface area contributed by atoms with Crippen molar-refractivity contribution >= 4 is 0 Å². The van der Waals surface area contributed by atoms with Gasteiger partial charge in [0.05, 0.1) is 23.9 Å². The Morgan fingerprint density at radius 3 is 2.75 bits per heavy atom. The summed E-state index contributed by atoms with van der Waals surface area (Å²) in [7, 11) is 0. The lowest BCUT2D eigenvalue weighted by molar-refractivity contribution is 0.466. The van der Waals surface area contributed by atoms with Crippen molar-refractivity contribution in [1.29, 1.82) is 5.26 Å². The minimum absolute atomic E-state index is 0.372. The van der Waals surface area contributed by atoms with Crippen LogP contribution < -0.4 is 0 Å². The first-order chi connectivity index (χ1) is 7.69. The van der Waals surface area contributed by atoms with Gasteiger partial charge in [0.2, 0.25) is 0 Å². The highest BCUT2D eigenvalue weighted by Crippen LogP contribution is 2.11. The Balaban J connectivity index is 2.78. The van der Waals surface area contributed by atoms with E-state index in [2.05, 4.69) is 37.2 Å². The van der Waals surface area contributed by atoms with Crippen LogP contribution in [0.2, 0.25) is 0 Å². The van der Waals surface area contributed by atoms with Crippen molar-refractivity contribution in [2.75, 3.05) is 0 Å². The molecule has 0 aliphatic carbocycles. The van der Waals surface area contributed by atoms with Crippen LogP contribution in [-0.4, -0.2) is 15.0 Å². The zero-order valence-electron chi connectivity index (χ0n) is 10.4. The van der Waals surface area contributed by atoms with Crippen LogP contribution in [0.4, 0.5) is 0 Å². The van der Waals surface area contributed by atoms with Gasteiger partial charge in [-0.1, -0.05) is 32.4 Å². The fourth-order valence-electron chi connectivity index (χ4n) is 1.65. The van der Waals surface area contributed by atoms with Crippen molar-refractivity contribution in [1.82, 2.24) is 15.0 Å². The second-order valence-corrected chi connectivity index (χ2v) is 4.47. The maximum absolute atomic E-state index is 8.71. The van der Waals surface area contributed by atoms with Crippen LogP contribution in [0.3, 0.4) is 0 Å². The lowest BCUT2D eigenvalue weighted by atomic mass is 10.1. The van der Waals surface area contributed by atoms with Crippen LogP contribution in [0, 0.1) is 17.2 Å². The molecule has 1 aromatic heterocycles. The molecular formula is C12H20N4. The van der Waals surface area contributed by atoms with Crippen LogP contribution in [0.15, 0.2) is 0 Å². The number of rotatable bonds is 6. The molecule has 0 unspecified atom stereocenters. The van der Waals surface area contributed by atoms with Gasteiger partial charge in [0.1, 0.15) is 0 Å². The van der Waals surface area contributed by atoms with Gasteiger partial charge in [-0.2, -0.15) is 5.26 Å². The summed E-state index contributed by atoms with van der Waals surface area (Å²) >= 11 is 0. The van der Waals surface area contributed by atoms with Gasteiger partial charge in [0.15, 0.2) is 0 Å². The topological polar surface area (TPSA) is 54.5 Å². The summed E-state index contributed by atoms with van der Waals surface area (Å²) in [4.78, 5) is 0. The average molecular weight is 220 g/mol.